The fraction of sp³-hybridized carbons (Fsp3) is 0.692. The van der Waals surface area contributed by atoms with Gasteiger partial charge in [-0.3, -0.25) is 0 Å². The van der Waals surface area contributed by atoms with E-state index in [4.69, 9.17) is 0 Å². The van der Waals surface area contributed by atoms with Crippen molar-refractivity contribution in [2.45, 2.75) is 40.5 Å². The van der Waals surface area contributed by atoms with Crippen molar-refractivity contribution in [1.29, 1.82) is 0 Å². The molecular formula is C13H22. The summed E-state index contributed by atoms with van der Waals surface area (Å²) < 4.78 is 0. The van der Waals surface area contributed by atoms with Crippen molar-refractivity contribution < 1.29 is 0 Å². The summed E-state index contributed by atoms with van der Waals surface area (Å²) in [4.78, 5) is 0. The highest BCUT2D eigenvalue weighted by Crippen LogP contribution is 2.33. The normalized spacial score (nSPS) is 26.8. The molecule has 0 aliphatic heterocycles. The third kappa shape index (κ3) is 2.46. The predicted octanol–water partition coefficient (Wildman–Crippen LogP) is 4.19. The molecule has 0 aromatic rings. The van der Waals surface area contributed by atoms with Gasteiger partial charge in [-0.15, -0.1) is 0 Å². The molecule has 13 heavy (non-hydrogen) atoms. The van der Waals surface area contributed by atoms with Crippen molar-refractivity contribution in [2.24, 2.45) is 17.8 Å². The lowest BCUT2D eigenvalue weighted by molar-refractivity contribution is 0.286. The molecule has 74 valence electrons. The van der Waals surface area contributed by atoms with Crippen LogP contribution in [-0.4, -0.2) is 0 Å². The van der Waals surface area contributed by atoms with Gasteiger partial charge in [0.25, 0.3) is 0 Å². The highest BCUT2D eigenvalue weighted by atomic mass is 14.3. The molecule has 0 heterocycles. The van der Waals surface area contributed by atoms with Crippen molar-refractivity contribution in [3.63, 3.8) is 0 Å². The SMILES string of the molecule is CCC(C)C(C)C1CC=CC=C1C. The van der Waals surface area contributed by atoms with Crippen molar-refractivity contribution in [3.8, 4) is 0 Å². The van der Waals surface area contributed by atoms with Gasteiger partial charge in [-0.1, -0.05) is 51.0 Å². The monoisotopic (exact) mass is 178 g/mol. The minimum Gasteiger partial charge on any atom is -0.0839 e. The van der Waals surface area contributed by atoms with E-state index in [9.17, 15) is 0 Å². The second-order valence-corrected chi connectivity index (χ2v) is 4.43. The summed E-state index contributed by atoms with van der Waals surface area (Å²) in [7, 11) is 0. The van der Waals surface area contributed by atoms with Gasteiger partial charge in [-0.25, -0.2) is 0 Å². The first kappa shape index (κ1) is 10.6. The van der Waals surface area contributed by atoms with Crippen LogP contribution in [0, 0.1) is 17.8 Å². The molecule has 1 rings (SSSR count). The maximum atomic E-state index is 2.40. The molecule has 0 saturated carbocycles. The number of rotatable bonds is 3. The zero-order chi connectivity index (χ0) is 9.84. The lowest BCUT2D eigenvalue weighted by atomic mass is 9.76. The van der Waals surface area contributed by atoms with E-state index in [1.807, 2.05) is 0 Å². The minimum atomic E-state index is 0.792. The first-order valence-corrected chi connectivity index (χ1v) is 5.50. The van der Waals surface area contributed by atoms with E-state index in [0.29, 0.717) is 0 Å². The first-order chi connectivity index (χ1) is 6.16. The van der Waals surface area contributed by atoms with Crippen LogP contribution in [0.5, 0.6) is 0 Å². The molecule has 1 aliphatic carbocycles. The summed E-state index contributed by atoms with van der Waals surface area (Å²) in [5, 5.41) is 0. The third-order valence-corrected chi connectivity index (χ3v) is 3.65. The Morgan fingerprint density at radius 1 is 1.46 bits per heavy atom. The summed E-state index contributed by atoms with van der Waals surface area (Å²) >= 11 is 0. The smallest absolute Gasteiger partial charge is 0.0140 e. The molecular weight excluding hydrogens is 156 g/mol. The van der Waals surface area contributed by atoms with Gasteiger partial charge in [0.1, 0.15) is 0 Å². The molecule has 0 radical (unpaired) electrons. The Kier molecular flexibility index (Phi) is 3.77. The molecule has 0 nitrogen and oxygen atoms in total. The van der Waals surface area contributed by atoms with Crippen LogP contribution in [0.3, 0.4) is 0 Å². The Hall–Kier alpha value is -0.520. The Labute approximate surface area is 82.7 Å². The van der Waals surface area contributed by atoms with Crippen molar-refractivity contribution >= 4 is 0 Å². The lowest BCUT2D eigenvalue weighted by Crippen LogP contribution is -2.20. The molecule has 0 saturated heterocycles. The minimum absolute atomic E-state index is 0.792. The maximum absolute atomic E-state index is 2.40. The van der Waals surface area contributed by atoms with E-state index in [-0.39, 0.29) is 0 Å². The van der Waals surface area contributed by atoms with Crippen molar-refractivity contribution in [2.75, 3.05) is 0 Å². The molecule has 3 unspecified atom stereocenters. The van der Waals surface area contributed by atoms with Gasteiger partial charge >= 0.3 is 0 Å². The maximum Gasteiger partial charge on any atom is -0.0140 e. The van der Waals surface area contributed by atoms with E-state index in [0.717, 1.165) is 17.8 Å². The average molecular weight is 178 g/mol. The molecule has 0 aromatic heterocycles. The molecule has 0 heteroatoms. The van der Waals surface area contributed by atoms with E-state index < -0.39 is 0 Å². The second-order valence-electron chi connectivity index (χ2n) is 4.43. The lowest BCUT2D eigenvalue weighted by Gasteiger charge is -2.29. The fourth-order valence-corrected chi connectivity index (χ4v) is 2.15. The van der Waals surface area contributed by atoms with Gasteiger partial charge in [0, 0.05) is 0 Å². The molecule has 0 spiro atoms. The summed E-state index contributed by atoms with van der Waals surface area (Å²) in [5.74, 6) is 2.46. The van der Waals surface area contributed by atoms with E-state index >= 15 is 0 Å². The zero-order valence-corrected chi connectivity index (χ0v) is 9.38. The average Bonchev–Trinajstić information content (AvgIpc) is 2.16. The van der Waals surface area contributed by atoms with E-state index in [2.05, 4.69) is 45.9 Å². The molecule has 0 N–H and O–H groups in total. The molecule has 0 bridgehead atoms. The van der Waals surface area contributed by atoms with Gasteiger partial charge in [0.05, 0.1) is 0 Å². The van der Waals surface area contributed by atoms with Gasteiger partial charge in [0.2, 0.25) is 0 Å². The predicted molar refractivity (Wildman–Crippen MR) is 59.6 cm³/mol. The number of hydrogen-bond acceptors (Lipinski definition) is 0. The van der Waals surface area contributed by atoms with Gasteiger partial charge < -0.3 is 0 Å². The summed E-state index contributed by atoms with van der Waals surface area (Å²) in [5.41, 5.74) is 1.57. The molecule has 0 aromatic carbocycles. The van der Waals surface area contributed by atoms with Gasteiger partial charge in [-0.05, 0) is 31.1 Å². The van der Waals surface area contributed by atoms with E-state index in [1.54, 1.807) is 5.57 Å². The first-order valence-electron chi connectivity index (χ1n) is 5.50. The van der Waals surface area contributed by atoms with Crippen LogP contribution in [0.15, 0.2) is 23.8 Å². The van der Waals surface area contributed by atoms with Crippen LogP contribution in [0.1, 0.15) is 40.5 Å². The largest absolute Gasteiger partial charge is 0.0839 e. The van der Waals surface area contributed by atoms with Crippen LogP contribution in [0.2, 0.25) is 0 Å². The topological polar surface area (TPSA) is 0 Å². The van der Waals surface area contributed by atoms with Gasteiger partial charge in [0.15, 0.2) is 0 Å². The summed E-state index contributed by atoms with van der Waals surface area (Å²) in [6, 6.07) is 0. The Balaban J connectivity index is 2.62. The quantitative estimate of drug-likeness (QED) is 0.608. The van der Waals surface area contributed by atoms with Gasteiger partial charge in [-0.2, -0.15) is 0 Å². The zero-order valence-electron chi connectivity index (χ0n) is 9.38. The molecule has 3 atom stereocenters. The molecule has 1 aliphatic rings. The van der Waals surface area contributed by atoms with Crippen molar-refractivity contribution in [3.05, 3.63) is 23.8 Å². The molecule has 0 amide bonds. The standard InChI is InChI=1S/C13H22/c1-5-10(2)12(4)13-9-7-6-8-11(13)3/h6-8,10,12-13H,5,9H2,1-4H3. The summed E-state index contributed by atoms with van der Waals surface area (Å²) in [6.45, 7) is 9.33. The summed E-state index contributed by atoms with van der Waals surface area (Å²) in [6.07, 6.45) is 9.31. The van der Waals surface area contributed by atoms with Crippen molar-refractivity contribution in [1.82, 2.24) is 0 Å². The Bertz CT molecular complexity index is 210. The van der Waals surface area contributed by atoms with E-state index in [1.165, 1.54) is 12.8 Å². The second kappa shape index (κ2) is 4.64. The van der Waals surface area contributed by atoms with Crippen LogP contribution in [0.25, 0.3) is 0 Å². The molecule has 0 fully saturated rings. The number of allylic oxidation sites excluding steroid dienone is 4. The highest BCUT2D eigenvalue weighted by molar-refractivity contribution is 5.19. The Morgan fingerprint density at radius 2 is 2.15 bits per heavy atom. The fourth-order valence-electron chi connectivity index (χ4n) is 2.15. The van der Waals surface area contributed by atoms with Crippen LogP contribution in [0.4, 0.5) is 0 Å². The van der Waals surface area contributed by atoms with Crippen LogP contribution < -0.4 is 0 Å². The highest BCUT2D eigenvalue weighted by Gasteiger charge is 2.22. The van der Waals surface area contributed by atoms with Crippen LogP contribution >= 0.6 is 0 Å². The Morgan fingerprint density at radius 3 is 2.69 bits per heavy atom. The number of hydrogen-bond donors (Lipinski definition) is 0. The van der Waals surface area contributed by atoms with Crippen LogP contribution in [-0.2, 0) is 0 Å². The third-order valence-electron chi connectivity index (χ3n) is 3.65.